The van der Waals surface area contributed by atoms with Gasteiger partial charge in [0.2, 0.25) is 15.9 Å². The zero-order chi connectivity index (χ0) is 17.6. The van der Waals surface area contributed by atoms with Gasteiger partial charge in [-0.25, -0.2) is 13.1 Å². The predicted octanol–water partition coefficient (Wildman–Crippen LogP) is 1.46. The number of carbonyl (C=O) groups is 1. The number of sulfonamides is 1. The normalized spacial score (nSPS) is 10.8. The van der Waals surface area contributed by atoms with Crippen LogP contribution in [-0.4, -0.2) is 20.9 Å². The highest BCUT2D eigenvalue weighted by molar-refractivity contribution is 7.89. The lowest BCUT2D eigenvalue weighted by molar-refractivity contribution is -0.120. The quantitative estimate of drug-likeness (QED) is 0.829. The van der Waals surface area contributed by atoms with Crippen LogP contribution in [0.15, 0.2) is 53.4 Å². The van der Waals surface area contributed by atoms with E-state index in [9.17, 15) is 13.2 Å². The molecule has 0 aromatic heterocycles. The first-order chi connectivity index (χ1) is 11.4. The van der Waals surface area contributed by atoms with E-state index in [-0.39, 0.29) is 10.5 Å². The molecule has 0 bridgehead atoms. The fraction of sp³-hybridized carbons (Fsp3) is 0.176. The fourth-order valence-electron chi connectivity index (χ4n) is 2.10. The van der Waals surface area contributed by atoms with E-state index in [4.69, 9.17) is 5.26 Å². The molecular weight excluding hydrogens is 326 g/mol. The Balaban J connectivity index is 1.96. The van der Waals surface area contributed by atoms with Crippen LogP contribution in [0.4, 0.5) is 0 Å². The van der Waals surface area contributed by atoms with Crippen molar-refractivity contribution in [2.45, 2.75) is 18.4 Å². The van der Waals surface area contributed by atoms with Gasteiger partial charge < -0.3 is 5.32 Å². The summed E-state index contributed by atoms with van der Waals surface area (Å²) in [6, 6.07) is 15.3. The topological polar surface area (TPSA) is 99.1 Å². The van der Waals surface area contributed by atoms with Crippen molar-refractivity contribution in [1.82, 2.24) is 10.0 Å². The summed E-state index contributed by atoms with van der Waals surface area (Å²) in [4.78, 5) is 11.7. The van der Waals surface area contributed by atoms with Gasteiger partial charge in [0.15, 0.2) is 0 Å². The molecule has 2 rings (SSSR count). The summed E-state index contributed by atoms with van der Waals surface area (Å²) < 4.78 is 26.6. The van der Waals surface area contributed by atoms with Crippen LogP contribution in [-0.2, 0) is 21.4 Å². The minimum absolute atomic E-state index is 0.0327. The summed E-state index contributed by atoms with van der Waals surface area (Å²) >= 11 is 0. The van der Waals surface area contributed by atoms with Gasteiger partial charge in [-0.1, -0.05) is 36.4 Å². The molecular formula is C17H17N3O3S. The highest BCUT2D eigenvalue weighted by Gasteiger charge is 2.19. The first kappa shape index (κ1) is 17.7. The Morgan fingerprint density at radius 3 is 2.50 bits per heavy atom. The second kappa shape index (κ2) is 7.73. The maximum absolute atomic E-state index is 12.2. The van der Waals surface area contributed by atoms with Gasteiger partial charge in [0.25, 0.3) is 0 Å². The van der Waals surface area contributed by atoms with Gasteiger partial charge in [-0.3, -0.25) is 4.79 Å². The van der Waals surface area contributed by atoms with Crippen molar-refractivity contribution < 1.29 is 13.2 Å². The summed E-state index contributed by atoms with van der Waals surface area (Å²) in [5.74, 6) is -0.448. The van der Waals surface area contributed by atoms with E-state index in [2.05, 4.69) is 10.0 Å². The van der Waals surface area contributed by atoms with Crippen molar-refractivity contribution >= 4 is 15.9 Å². The third-order valence-corrected chi connectivity index (χ3v) is 4.92. The number of hydrogen-bond donors (Lipinski definition) is 2. The fourth-order valence-corrected chi connectivity index (χ4v) is 3.23. The van der Waals surface area contributed by atoms with Crippen molar-refractivity contribution in [2.24, 2.45) is 0 Å². The van der Waals surface area contributed by atoms with Crippen LogP contribution in [0.2, 0.25) is 0 Å². The van der Waals surface area contributed by atoms with Gasteiger partial charge in [0.1, 0.15) is 6.07 Å². The maximum Gasteiger partial charge on any atom is 0.242 e. The van der Waals surface area contributed by atoms with E-state index < -0.39 is 22.5 Å². The molecule has 0 saturated heterocycles. The molecule has 6 nitrogen and oxygen atoms in total. The number of nitrogens with one attached hydrogen (secondary N) is 2. The average molecular weight is 343 g/mol. The van der Waals surface area contributed by atoms with Crippen LogP contribution >= 0.6 is 0 Å². The predicted molar refractivity (Wildman–Crippen MR) is 89.4 cm³/mol. The number of amides is 1. The molecule has 0 aliphatic carbocycles. The van der Waals surface area contributed by atoms with Gasteiger partial charge >= 0.3 is 0 Å². The SMILES string of the molecule is Cc1ccccc1CNC(=O)CNS(=O)(=O)c1ccccc1C#N. The van der Waals surface area contributed by atoms with Crippen LogP contribution in [0, 0.1) is 18.3 Å². The molecule has 0 fully saturated rings. The van der Waals surface area contributed by atoms with Crippen LogP contribution in [0.3, 0.4) is 0 Å². The lowest BCUT2D eigenvalue weighted by Crippen LogP contribution is -2.36. The molecule has 0 aliphatic heterocycles. The number of rotatable bonds is 6. The first-order valence-electron chi connectivity index (χ1n) is 7.24. The number of benzene rings is 2. The Morgan fingerprint density at radius 2 is 1.79 bits per heavy atom. The van der Waals surface area contributed by atoms with Gasteiger partial charge in [-0.05, 0) is 30.2 Å². The number of aryl methyl sites for hydroxylation is 1. The van der Waals surface area contributed by atoms with E-state index in [0.29, 0.717) is 6.54 Å². The second-order valence-corrected chi connectivity index (χ2v) is 6.87. The molecule has 0 heterocycles. The molecule has 0 saturated carbocycles. The van der Waals surface area contributed by atoms with Crippen molar-refractivity contribution in [3.63, 3.8) is 0 Å². The van der Waals surface area contributed by atoms with Crippen LogP contribution in [0.1, 0.15) is 16.7 Å². The number of carbonyl (C=O) groups excluding carboxylic acids is 1. The lowest BCUT2D eigenvalue weighted by Gasteiger charge is -2.10. The molecule has 124 valence electrons. The molecule has 0 unspecified atom stereocenters. The minimum Gasteiger partial charge on any atom is -0.351 e. The molecule has 2 aromatic rings. The van der Waals surface area contributed by atoms with E-state index in [1.54, 1.807) is 6.07 Å². The van der Waals surface area contributed by atoms with Crippen LogP contribution in [0.5, 0.6) is 0 Å². The third-order valence-electron chi connectivity index (χ3n) is 3.46. The smallest absolute Gasteiger partial charge is 0.242 e. The molecule has 1 amide bonds. The molecule has 2 aromatic carbocycles. The van der Waals surface area contributed by atoms with E-state index >= 15 is 0 Å². The Bertz CT molecular complexity index is 886. The zero-order valence-corrected chi connectivity index (χ0v) is 13.9. The standard InChI is InChI=1S/C17H17N3O3S/c1-13-6-2-3-8-15(13)11-19-17(21)12-20-24(22,23)16-9-5-4-7-14(16)10-18/h2-9,20H,11-12H2,1H3,(H,19,21). The van der Waals surface area contributed by atoms with E-state index in [0.717, 1.165) is 11.1 Å². The van der Waals surface area contributed by atoms with Crippen molar-refractivity contribution in [2.75, 3.05) is 6.54 Å². The second-order valence-electron chi connectivity index (χ2n) is 5.14. The number of hydrogen-bond acceptors (Lipinski definition) is 4. The van der Waals surface area contributed by atoms with Gasteiger partial charge in [0, 0.05) is 6.54 Å². The molecule has 24 heavy (non-hydrogen) atoms. The van der Waals surface area contributed by atoms with E-state index in [1.165, 1.54) is 18.2 Å². The molecule has 0 atom stereocenters. The molecule has 0 aliphatic rings. The first-order valence-corrected chi connectivity index (χ1v) is 8.72. The molecule has 0 radical (unpaired) electrons. The average Bonchev–Trinajstić information content (AvgIpc) is 2.59. The largest absolute Gasteiger partial charge is 0.351 e. The van der Waals surface area contributed by atoms with E-state index in [1.807, 2.05) is 37.3 Å². The van der Waals surface area contributed by atoms with Gasteiger partial charge in [-0.2, -0.15) is 5.26 Å². The van der Waals surface area contributed by atoms with Crippen LogP contribution < -0.4 is 10.0 Å². The van der Waals surface area contributed by atoms with Gasteiger partial charge in [0.05, 0.1) is 17.0 Å². The molecule has 7 heteroatoms. The third kappa shape index (κ3) is 4.41. The molecule has 0 spiro atoms. The Kier molecular flexibility index (Phi) is 5.68. The Labute approximate surface area is 141 Å². The summed E-state index contributed by atoms with van der Waals surface area (Å²) in [7, 11) is -3.92. The Morgan fingerprint density at radius 1 is 1.12 bits per heavy atom. The van der Waals surface area contributed by atoms with Crippen molar-refractivity contribution in [1.29, 1.82) is 5.26 Å². The summed E-state index contributed by atoms with van der Waals surface area (Å²) in [6.45, 7) is 1.86. The zero-order valence-electron chi connectivity index (χ0n) is 13.1. The number of nitrogens with zero attached hydrogens (tertiary/aromatic N) is 1. The van der Waals surface area contributed by atoms with Crippen LogP contribution in [0.25, 0.3) is 0 Å². The minimum atomic E-state index is -3.92. The summed E-state index contributed by atoms with van der Waals surface area (Å²) in [5, 5.41) is 11.6. The highest BCUT2D eigenvalue weighted by atomic mass is 32.2. The Hall–Kier alpha value is -2.69. The lowest BCUT2D eigenvalue weighted by atomic mass is 10.1. The summed E-state index contributed by atoms with van der Waals surface area (Å²) in [6.07, 6.45) is 0. The monoisotopic (exact) mass is 343 g/mol. The number of nitriles is 1. The highest BCUT2D eigenvalue weighted by Crippen LogP contribution is 2.13. The maximum atomic E-state index is 12.2. The van der Waals surface area contributed by atoms with Gasteiger partial charge in [-0.15, -0.1) is 0 Å². The summed E-state index contributed by atoms with van der Waals surface area (Å²) in [5.41, 5.74) is 2.04. The van der Waals surface area contributed by atoms with Crippen molar-refractivity contribution in [3.8, 4) is 6.07 Å². The molecule has 2 N–H and O–H groups in total. The van der Waals surface area contributed by atoms with Crippen molar-refractivity contribution in [3.05, 3.63) is 65.2 Å².